The molecule has 0 aromatic heterocycles. The molecular formula is C14H21NO3. The van der Waals surface area contributed by atoms with E-state index in [1.165, 1.54) is 0 Å². The van der Waals surface area contributed by atoms with E-state index in [9.17, 15) is 9.90 Å². The van der Waals surface area contributed by atoms with Crippen LogP contribution in [0.4, 0.5) is 0 Å². The second-order valence-electron chi connectivity index (χ2n) is 4.44. The van der Waals surface area contributed by atoms with Gasteiger partial charge < -0.3 is 15.6 Å². The molecule has 3 N–H and O–H groups in total. The molecule has 0 radical (unpaired) electrons. The summed E-state index contributed by atoms with van der Waals surface area (Å²) in [6, 6.07) is 5.28. The summed E-state index contributed by atoms with van der Waals surface area (Å²) in [5, 5.41) is 9.70. The number of nitrogens with two attached hydrogens (primary N) is 1. The monoisotopic (exact) mass is 251 g/mol. The number of hydrogen-bond acceptors (Lipinski definition) is 4. The normalized spacial score (nSPS) is 12.2. The molecule has 0 spiro atoms. The number of benzene rings is 1. The number of esters is 1. The fourth-order valence-electron chi connectivity index (χ4n) is 1.80. The van der Waals surface area contributed by atoms with Crippen molar-refractivity contribution in [1.82, 2.24) is 0 Å². The molecule has 0 amide bonds. The lowest BCUT2D eigenvalue weighted by molar-refractivity contribution is -0.143. The van der Waals surface area contributed by atoms with Gasteiger partial charge in [-0.2, -0.15) is 0 Å². The molecule has 0 bridgehead atoms. The summed E-state index contributed by atoms with van der Waals surface area (Å²) in [5.41, 5.74) is 7.86. The standard InChI is InChI=1S/C14H21NO3/c1-3-18-14(17)7-5-12(15)9-11-8-10(2)4-6-13(11)16/h4,6,8,12,16H,3,5,7,9,15H2,1-2H3. The Bertz CT molecular complexity index is 404. The number of aryl methyl sites for hydroxylation is 1. The van der Waals surface area contributed by atoms with Crippen molar-refractivity contribution in [2.45, 2.75) is 39.2 Å². The van der Waals surface area contributed by atoms with E-state index in [-0.39, 0.29) is 17.8 Å². The molecule has 1 aromatic carbocycles. The summed E-state index contributed by atoms with van der Waals surface area (Å²) < 4.78 is 4.84. The molecule has 1 atom stereocenters. The van der Waals surface area contributed by atoms with Gasteiger partial charge in [-0.1, -0.05) is 17.7 Å². The Labute approximate surface area is 108 Å². The van der Waals surface area contributed by atoms with Gasteiger partial charge in [0.1, 0.15) is 5.75 Å². The Morgan fingerprint density at radius 2 is 2.22 bits per heavy atom. The van der Waals surface area contributed by atoms with Crippen molar-refractivity contribution in [2.75, 3.05) is 6.61 Å². The predicted molar refractivity (Wildman–Crippen MR) is 70.4 cm³/mol. The molecule has 1 aromatic rings. The molecule has 0 aliphatic heterocycles. The van der Waals surface area contributed by atoms with Gasteiger partial charge >= 0.3 is 5.97 Å². The summed E-state index contributed by atoms with van der Waals surface area (Å²) in [7, 11) is 0. The maximum absolute atomic E-state index is 11.2. The first-order valence-corrected chi connectivity index (χ1v) is 6.22. The molecule has 18 heavy (non-hydrogen) atoms. The smallest absolute Gasteiger partial charge is 0.305 e. The number of rotatable bonds is 6. The molecule has 4 nitrogen and oxygen atoms in total. The van der Waals surface area contributed by atoms with Gasteiger partial charge in [-0.05, 0) is 38.3 Å². The predicted octanol–water partition coefficient (Wildman–Crippen LogP) is 1.91. The first kappa shape index (κ1) is 14.5. The molecule has 100 valence electrons. The zero-order chi connectivity index (χ0) is 13.5. The van der Waals surface area contributed by atoms with Crippen LogP contribution in [0.1, 0.15) is 30.9 Å². The molecule has 0 aliphatic carbocycles. The van der Waals surface area contributed by atoms with E-state index in [0.29, 0.717) is 25.9 Å². The molecular weight excluding hydrogens is 230 g/mol. The molecule has 1 rings (SSSR count). The van der Waals surface area contributed by atoms with Gasteiger partial charge in [0.05, 0.1) is 6.61 Å². The fraction of sp³-hybridized carbons (Fsp3) is 0.500. The number of carbonyl (C=O) groups is 1. The van der Waals surface area contributed by atoms with Crippen LogP contribution in [0.5, 0.6) is 5.75 Å². The van der Waals surface area contributed by atoms with E-state index in [2.05, 4.69) is 0 Å². The van der Waals surface area contributed by atoms with Gasteiger partial charge in [-0.25, -0.2) is 0 Å². The van der Waals surface area contributed by atoms with E-state index < -0.39 is 0 Å². The quantitative estimate of drug-likeness (QED) is 0.758. The Balaban J connectivity index is 2.46. The number of phenols is 1. The first-order valence-electron chi connectivity index (χ1n) is 6.22. The van der Waals surface area contributed by atoms with E-state index in [4.69, 9.17) is 10.5 Å². The number of hydrogen-bond donors (Lipinski definition) is 2. The van der Waals surface area contributed by atoms with Crippen LogP contribution in [0.25, 0.3) is 0 Å². The van der Waals surface area contributed by atoms with Crippen LogP contribution in [0.15, 0.2) is 18.2 Å². The second kappa shape index (κ2) is 7.01. The lowest BCUT2D eigenvalue weighted by Crippen LogP contribution is -2.24. The minimum atomic E-state index is -0.221. The number of aromatic hydroxyl groups is 1. The summed E-state index contributed by atoms with van der Waals surface area (Å²) >= 11 is 0. The largest absolute Gasteiger partial charge is 0.508 e. The van der Waals surface area contributed by atoms with Crippen LogP contribution in [0.2, 0.25) is 0 Å². The van der Waals surface area contributed by atoms with Crippen LogP contribution >= 0.6 is 0 Å². The zero-order valence-electron chi connectivity index (χ0n) is 11.0. The first-order chi connectivity index (χ1) is 8.52. The highest BCUT2D eigenvalue weighted by Gasteiger charge is 2.11. The summed E-state index contributed by atoms with van der Waals surface area (Å²) in [5.74, 6) is 0.0357. The van der Waals surface area contributed by atoms with Crippen molar-refractivity contribution < 1.29 is 14.6 Å². The van der Waals surface area contributed by atoms with E-state index >= 15 is 0 Å². The highest BCUT2D eigenvalue weighted by Crippen LogP contribution is 2.20. The number of carbonyl (C=O) groups excluding carboxylic acids is 1. The van der Waals surface area contributed by atoms with E-state index in [0.717, 1.165) is 11.1 Å². The summed E-state index contributed by atoms with van der Waals surface area (Å²) in [4.78, 5) is 11.2. The molecule has 0 heterocycles. The van der Waals surface area contributed by atoms with Crippen molar-refractivity contribution in [1.29, 1.82) is 0 Å². The average Bonchev–Trinajstić information content (AvgIpc) is 2.32. The van der Waals surface area contributed by atoms with Crippen molar-refractivity contribution in [2.24, 2.45) is 5.73 Å². The third-order valence-corrected chi connectivity index (χ3v) is 2.74. The maximum atomic E-state index is 11.2. The number of ether oxygens (including phenoxy) is 1. The van der Waals surface area contributed by atoms with Crippen LogP contribution in [-0.2, 0) is 16.0 Å². The SMILES string of the molecule is CCOC(=O)CCC(N)Cc1cc(C)ccc1O. The van der Waals surface area contributed by atoms with Gasteiger partial charge in [-0.3, -0.25) is 4.79 Å². The van der Waals surface area contributed by atoms with Crippen LogP contribution < -0.4 is 5.73 Å². The van der Waals surface area contributed by atoms with Crippen molar-refractivity contribution in [3.8, 4) is 5.75 Å². The molecule has 0 aliphatic rings. The molecule has 1 unspecified atom stereocenters. The Morgan fingerprint density at radius 3 is 2.89 bits per heavy atom. The van der Waals surface area contributed by atoms with Crippen LogP contribution in [0, 0.1) is 6.92 Å². The Morgan fingerprint density at radius 1 is 1.50 bits per heavy atom. The summed E-state index contributed by atoms with van der Waals surface area (Å²) in [6.07, 6.45) is 1.45. The van der Waals surface area contributed by atoms with E-state index in [1.54, 1.807) is 13.0 Å². The van der Waals surface area contributed by atoms with Crippen molar-refractivity contribution in [3.05, 3.63) is 29.3 Å². The van der Waals surface area contributed by atoms with Crippen LogP contribution in [-0.4, -0.2) is 23.7 Å². The topological polar surface area (TPSA) is 72.5 Å². The Hall–Kier alpha value is -1.55. The van der Waals surface area contributed by atoms with Gasteiger partial charge in [0.25, 0.3) is 0 Å². The average molecular weight is 251 g/mol. The minimum Gasteiger partial charge on any atom is -0.508 e. The highest BCUT2D eigenvalue weighted by molar-refractivity contribution is 5.69. The maximum Gasteiger partial charge on any atom is 0.305 e. The van der Waals surface area contributed by atoms with Crippen molar-refractivity contribution in [3.63, 3.8) is 0 Å². The van der Waals surface area contributed by atoms with E-state index in [1.807, 2.05) is 19.1 Å². The lowest BCUT2D eigenvalue weighted by atomic mass is 10.0. The Kier molecular flexibility index (Phi) is 5.65. The van der Waals surface area contributed by atoms with Gasteiger partial charge in [-0.15, -0.1) is 0 Å². The highest BCUT2D eigenvalue weighted by atomic mass is 16.5. The van der Waals surface area contributed by atoms with Crippen LogP contribution in [0.3, 0.4) is 0 Å². The third-order valence-electron chi connectivity index (χ3n) is 2.74. The molecule has 0 saturated carbocycles. The third kappa shape index (κ3) is 4.75. The molecule has 0 saturated heterocycles. The summed E-state index contributed by atoms with van der Waals surface area (Å²) in [6.45, 7) is 4.14. The second-order valence-corrected chi connectivity index (χ2v) is 4.44. The van der Waals surface area contributed by atoms with Gasteiger partial charge in [0.2, 0.25) is 0 Å². The minimum absolute atomic E-state index is 0.151. The fourth-order valence-corrected chi connectivity index (χ4v) is 1.80. The molecule has 4 heteroatoms. The van der Waals surface area contributed by atoms with Gasteiger partial charge in [0, 0.05) is 12.5 Å². The lowest BCUT2D eigenvalue weighted by Gasteiger charge is -2.12. The van der Waals surface area contributed by atoms with Crippen molar-refractivity contribution >= 4 is 5.97 Å². The van der Waals surface area contributed by atoms with Gasteiger partial charge in [0.15, 0.2) is 0 Å². The molecule has 0 fully saturated rings. The number of phenolic OH excluding ortho intramolecular Hbond substituents is 1. The zero-order valence-corrected chi connectivity index (χ0v) is 11.0.